The molecule has 2 rings (SSSR count). The summed E-state index contributed by atoms with van der Waals surface area (Å²) in [5, 5.41) is 0. The molecule has 0 radical (unpaired) electrons. The fraction of sp³-hybridized carbons (Fsp3) is 0.548. The third kappa shape index (κ3) is 10.2. The van der Waals surface area contributed by atoms with E-state index in [1.54, 1.807) is 6.08 Å². The van der Waals surface area contributed by atoms with Crippen LogP contribution in [0.4, 0.5) is 4.39 Å². The smallest absolute Gasteiger partial charge is 0.122 e. The highest BCUT2D eigenvalue weighted by Crippen LogP contribution is 2.32. The van der Waals surface area contributed by atoms with Gasteiger partial charge in [0, 0.05) is 0 Å². The maximum Gasteiger partial charge on any atom is 0.122 e. The topological polar surface area (TPSA) is 0 Å². The van der Waals surface area contributed by atoms with E-state index in [-0.39, 0.29) is 11.7 Å². The van der Waals surface area contributed by atoms with Crippen molar-refractivity contribution in [3.8, 4) is 0 Å². The Morgan fingerprint density at radius 2 is 1.47 bits per heavy atom. The van der Waals surface area contributed by atoms with E-state index in [1.807, 2.05) is 0 Å². The van der Waals surface area contributed by atoms with Crippen LogP contribution >= 0.6 is 0 Å². The predicted octanol–water partition coefficient (Wildman–Crippen LogP) is 10.5. The Labute approximate surface area is 198 Å². The van der Waals surface area contributed by atoms with Gasteiger partial charge >= 0.3 is 0 Å². The molecule has 2 atom stereocenters. The molecule has 0 bridgehead atoms. The first-order valence-corrected chi connectivity index (χ1v) is 12.7. The molecule has 0 heterocycles. The first kappa shape index (κ1) is 28.1. The van der Waals surface area contributed by atoms with Crippen molar-refractivity contribution in [2.45, 2.75) is 100 Å². The maximum atomic E-state index is 14.2. The Morgan fingerprint density at radius 3 is 1.94 bits per heavy atom. The molecule has 0 saturated heterocycles. The first-order chi connectivity index (χ1) is 15.2. The van der Waals surface area contributed by atoms with Crippen LogP contribution in [0, 0.1) is 11.8 Å². The lowest BCUT2D eigenvalue weighted by Crippen LogP contribution is -2.05. The Bertz CT molecular complexity index is 789. The van der Waals surface area contributed by atoms with E-state index < -0.39 is 0 Å². The lowest BCUT2D eigenvalue weighted by atomic mass is 9.86. The van der Waals surface area contributed by atoms with Gasteiger partial charge in [-0.3, -0.25) is 0 Å². The molecule has 178 valence electrons. The molecule has 0 aromatic carbocycles. The Balaban J connectivity index is 0.000000433. The van der Waals surface area contributed by atoms with Gasteiger partial charge < -0.3 is 0 Å². The van der Waals surface area contributed by atoms with Gasteiger partial charge in [0.2, 0.25) is 0 Å². The molecule has 32 heavy (non-hydrogen) atoms. The molecule has 0 nitrogen and oxygen atoms in total. The van der Waals surface area contributed by atoms with Crippen molar-refractivity contribution in [2.75, 3.05) is 0 Å². The zero-order chi connectivity index (χ0) is 24.1. The van der Waals surface area contributed by atoms with Crippen LogP contribution in [0.3, 0.4) is 0 Å². The molecule has 0 aromatic rings. The average molecular weight is 439 g/mol. The second-order valence-corrected chi connectivity index (χ2v) is 9.48. The van der Waals surface area contributed by atoms with Gasteiger partial charge in [-0.2, -0.15) is 0 Å². The predicted molar refractivity (Wildman–Crippen MR) is 142 cm³/mol. The Hall–Kier alpha value is -1.89. The molecule has 0 N–H and O–H groups in total. The molecule has 0 aromatic heterocycles. The van der Waals surface area contributed by atoms with E-state index >= 15 is 0 Å². The van der Waals surface area contributed by atoms with Crippen molar-refractivity contribution in [1.82, 2.24) is 0 Å². The summed E-state index contributed by atoms with van der Waals surface area (Å²) < 4.78 is 14.2. The van der Waals surface area contributed by atoms with Crippen LogP contribution in [0.5, 0.6) is 0 Å². The average Bonchev–Trinajstić information content (AvgIpc) is 2.81. The summed E-state index contributed by atoms with van der Waals surface area (Å²) in [6.45, 7) is 17.3. The van der Waals surface area contributed by atoms with Crippen molar-refractivity contribution in [1.29, 1.82) is 0 Å². The fourth-order valence-corrected chi connectivity index (χ4v) is 3.71. The Morgan fingerprint density at radius 1 is 0.875 bits per heavy atom. The molecular weight excluding hydrogens is 391 g/mol. The minimum absolute atomic E-state index is 0.00310. The molecule has 2 aliphatic carbocycles. The summed E-state index contributed by atoms with van der Waals surface area (Å²) in [4.78, 5) is 0. The quantitative estimate of drug-likeness (QED) is 0.261. The second-order valence-electron chi connectivity index (χ2n) is 9.48. The number of hydrogen-bond donors (Lipinski definition) is 0. The SMILES string of the molecule is CC/C(C)=C\C=C(/C)CC.CCC1=CC(F)=C(C(C)/C=C\C(C)C2=CC=C(C)CC2)CC1. The number of hydrogen-bond acceptors (Lipinski definition) is 0. The van der Waals surface area contributed by atoms with Crippen LogP contribution in [0.1, 0.15) is 100 Å². The van der Waals surface area contributed by atoms with Crippen molar-refractivity contribution in [2.24, 2.45) is 11.8 Å². The highest BCUT2D eigenvalue weighted by Gasteiger charge is 2.17. The van der Waals surface area contributed by atoms with Gasteiger partial charge in [-0.15, -0.1) is 0 Å². The van der Waals surface area contributed by atoms with E-state index in [0.717, 1.165) is 44.1 Å². The lowest BCUT2D eigenvalue weighted by Gasteiger charge is -2.20. The van der Waals surface area contributed by atoms with Crippen LogP contribution in [0.2, 0.25) is 0 Å². The molecule has 0 fully saturated rings. The van der Waals surface area contributed by atoms with Crippen LogP contribution in [-0.2, 0) is 0 Å². The number of rotatable bonds is 8. The lowest BCUT2D eigenvalue weighted by molar-refractivity contribution is 0.594. The van der Waals surface area contributed by atoms with Crippen molar-refractivity contribution in [3.05, 3.63) is 81.8 Å². The van der Waals surface area contributed by atoms with Crippen LogP contribution in [-0.4, -0.2) is 0 Å². The summed E-state index contributed by atoms with van der Waals surface area (Å²) in [6, 6.07) is 0. The monoisotopic (exact) mass is 438 g/mol. The van der Waals surface area contributed by atoms with E-state index in [1.165, 1.54) is 34.3 Å². The zero-order valence-electron chi connectivity index (χ0n) is 22.0. The van der Waals surface area contributed by atoms with Crippen molar-refractivity contribution in [3.63, 3.8) is 0 Å². The minimum atomic E-state index is 0.00310. The largest absolute Gasteiger partial charge is 0.207 e. The summed E-state index contributed by atoms with van der Waals surface area (Å²) >= 11 is 0. The number of halogens is 1. The van der Waals surface area contributed by atoms with Gasteiger partial charge in [-0.1, -0.05) is 98.9 Å². The Kier molecular flexibility index (Phi) is 13.2. The standard InChI is InChI=1S/C21H29F.C10H18/c1-5-18-10-13-20(21(22)14-18)17(4)9-8-16(3)19-11-6-15(2)7-12-19;1-5-9(3)7-8-10(4)6-2/h6,8-9,11,14,16-17H,5,7,10,12-13H2,1-4H3;7-8H,5-6H2,1-4H3/b9-8-;9-7-,10-8+. The van der Waals surface area contributed by atoms with Crippen molar-refractivity contribution >= 4 is 0 Å². The zero-order valence-corrected chi connectivity index (χ0v) is 22.0. The number of allylic oxidation sites excluding steroid dienone is 14. The van der Waals surface area contributed by atoms with Gasteiger partial charge in [0.15, 0.2) is 0 Å². The molecule has 1 heteroatoms. The summed E-state index contributed by atoms with van der Waals surface area (Å²) in [7, 11) is 0. The third-order valence-electron chi connectivity index (χ3n) is 6.79. The third-order valence-corrected chi connectivity index (χ3v) is 6.79. The minimum Gasteiger partial charge on any atom is -0.207 e. The van der Waals surface area contributed by atoms with Gasteiger partial charge in [0.25, 0.3) is 0 Å². The summed E-state index contributed by atoms with van der Waals surface area (Å²) in [5.41, 5.74) is 8.05. The molecule has 2 unspecified atom stereocenters. The molecule has 2 aliphatic rings. The first-order valence-electron chi connectivity index (χ1n) is 12.7. The van der Waals surface area contributed by atoms with Gasteiger partial charge in [-0.05, 0) is 89.2 Å². The summed E-state index contributed by atoms with van der Waals surface area (Å²) in [6.07, 6.45) is 22.6. The molecular formula is C31H47F. The van der Waals surface area contributed by atoms with E-state index in [4.69, 9.17) is 0 Å². The summed E-state index contributed by atoms with van der Waals surface area (Å²) in [5.74, 6) is 0.641. The molecule has 0 amide bonds. The maximum absolute atomic E-state index is 14.2. The molecule has 0 spiro atoms. The van der Waals surface area contributed by atoms with Crippen LogP contribution in [0.15, 0.2) is 81.8 Å². The van der Waals surface area contributed by atoms with Crippen molar-refractivity contribution < 1.29 is 4.39 Å². The fourth-order valence-electron chi connectivity index (χ4n) is 3.71. The normalized spacial score (nSPS) is 19.7. The highest BCUT2D eigenvalue weighted by molar-refractivity contribution is 5.32. The van der Waals surface area contributed by atoms with Crippen LogP contribution < -0.4 is 0 Å². The van der Waals surface area contributed by atoms with Gasteiger partial charge in [-0.25, -0.2) is 4.39 Å². The molecule has 0 saturated carbocycles. The van der Waals surface area contributed by atoms with E-state index in [0.29, 0.717) is 5.92 Å². The van der Waals surface area contributed by atoms with E-state index in [2.05, 4.69) is 91.8 Å². The second kappa shape index (κ2) is 15.0. The van der Waals surface area contributed by atoms with Gasteiger partial charge in [0.05, 0.1) is 0 Å². The molecule has 0 aliphatic heterocycles. The van der Waals surface area contributed by atoms with E-state index in [9.17, 15) is 4.39 Å². The highest BCUT2D eigenvalue weighted by atomic mass is 19.1. The van der Waals surface area contributed by atoms with Gasteiger partial charge in [0.1, 0.15) is 5.83 Å². The van der Waals surface area contributed by atoms with Crippen LogP contribution in [0.25, 0.3) is 0 Å².